The first kappa shape index (κ1) is 14.3. The fourth-order valence-corrected chi connectivity index (χ4v) is 2.01. The minimum Gasteiger partial charge on any atom is -0.497 e. The summed E-state index contributed by atoms with van der Waals surface area (Å²) in [4.78, 5) is 1.88. The van der Waals surface area contributed by atoms with Crippen LogP contribution in [0.15, 0.2) is 48.5 Å². The molecule has 0 aliphatic rings. The van der Waals surface area contributed by atoms with E-state index in [0.29, 0.717) is 12.3 Å². The Bertz CT molecular complexity index is 557. The Morgan fingerprint density at radius 3 is 2.55 bits per heavy atom. The number of methoxy groups -OCH3 is 1. The summed E-state index contributed by atoms with van der Waals surface area (Å²) in [5, 5.41) is 10.3. The van der Waals surface area contributed by atoms with E-state index >= 15 is 0 Å². The number of aliphatic hydroxyl groups is 1. The Hall–Kier alpha value is -2.07. The second kappa shape index (κ2) is 6.39. The third-order valence-electron chi connectivity index (χ3n) is 3.19. The van der Waals surface area contributed by atoms with Gasteiger partial charge in [0.05, 0.1) is 13.2 Å². The summed E-state index contributed by atoms with van der Waals surface area (Å²) in [5.41, 5.74) is 1.65. The second-order valence-corrected chi connectivity index (χ2v) is 4.65. The highest BCUT2D eigenvalue weighted by Gasteiger charge is 2.12. The van der Waals surface area contributed by atoms with E-state index < -0.39 is 6.10 Å². The monoisotopic (exact) mass is 275 g/mol. The molecule has 20 heavy (non-hydrogen) atoms. The summed E-state index contributed by atoms with van der Waals surface area (Å²) >= 11 is 0. The van der Waals surface area contributed by atoms with Crippen LogP contribution in [0, 0.1) is 5.82 Å². The molecule has 0 aliphatic heterocycles. The first-order valence-corrected chi connectivity index (χ1v) is 6.39. The number of likely N-dealkylation sites (N-methyl/N-ethyl adjacent to an activating group) is 1. The molecule has 106 valence electrons. The molecule has 1 unspecified atom stereocenters. The first-order valence-electron chi connectivity index (χ1n) is 6.39. The number of ether oxygens (including phenoxy) is 1. The van der Waals surface area contributed by atoms with Crippen molar-refractivity contribution in [3.63, 3.8) is 0 Å². The van der Waals surface area contributed by atoms with Crippen molar-refractivity contribution in [1.82, 2.24) is 0 Å². The lowest BCUT2D eigenvalue weighted by atomic mass is 10.1. The zero-order valence-electron chi connectivity index (χ0n) is 11.6. The number of anilines is 1. The minimum absolute atomic E-state index is 0.268. The second-order valence-electron chi connectivity index (χ2n) is 4.65. The van der Waals surface area contributed by atoms with Crippen LogP contribution in [-0.2, 0) is 0 Å². The summed E-state index contributed by atoms with van der Waals surface area (Å²) in [6.45, 7) is 0.415. The number of halogens is 1. The van der Waals surface area contributed by atoms with Crippen LogP contribution in [-0.4, -0.2) is 25.8 Å². The molecule has 0 bridgehead atoms. The van der Waals surface area contributed by atoms with Gasteiger partial charge in [-0.05, 0) is 42.0 Å². The lowest BCUT2D eigenvalue weighted by molar-refractivity contribution is 0.184. The summed E-state index contributed by atoms with van der Waals surface area (Å²) in [5.74, 6) is 0.446. The van der Waals surface area contributed by atoms with E-state index in [-0.39, 0.29) is 5.82 Å². The van der Waals surface area contributed by atoms with Crippen LogP contribution in [0.3, 0.4) is 0 Å². The highest BCUT2D eigenvalue weighted by molar-refractivity contribution is 5.46. The van der Waals surface area contributed by atoms with Gasteiger partial charge in [0.2, 0.25) is 0 Å². The van der Waals surface area contributed by atoms with Crippen LogP contribution in [0.4, 0.5) is 10.1 Å². The quantitative estimate of drug-likeness (QED) is 0.910. The van der Waals surface area contributed by atoms with Crippen LogP contribution in [0.25, 0.3) is 0 Å². The Kier molecular flexibility index (Phi) is 4.58. The minimum atomic E-state index is -0.639. The Labute approximate surface area is 118 Å². The molecule has 0 heterocycles. The average Bonchev–Trinajstić information content (AvgIpc) is 2.47. The van der Waals surface area contributed by atoms with Gasteiger partial charge in [-0.15, -0.1) is 0 Å². The summed E-state index contributed by atoms with van der Waals surface area (Å²) in [6.07, 6.45) is -0.639. The molecule has 1 N–H and O–H groups in total. The predicted octanol–water partition coefficient (Wildman–Crippen LogP) is 3.00. The topological polar surface area (TPSA) is 32.7 Å². The highest BCUT2D eigenvalue weighted by atomic mass is 19.1. The predicted molar refractivity (Wildman–Crippen MR) is 77.6 cm³/mol. The van der Waals surface area contributed by atoms with Crippen molar-refractivity contribution in [2.24, 2.45) is 0 Å². The highest BCUT2D eigenvalue weighted by Crippen LogP contribution is 2.22. The van der Waals surface area contributed by atoms with Gasteiger partial charge in [0.1, 0.15) is 11.6 Å². The summed E-state index contributed by atoms with van der Waals surface area (Å²) in [7, 11) is 3.45. The van der Waals surface area contributed by atoms with E-state index in [1.54, 1.807) is 19.2 Å². The van der Waals surface area contributed by atoms with Crippen LogP contribution in [0.2, 0.25) is 0 Å². The smallest absolute Gasteiger partial charge is 0.123 e. The Morgan fingerprint density at radius 2 is 1.90 bits per heavy atom. The molecular formula is C16H18FNO2. The molecule has 1 atom stereocenters. The zero-order valence-corrected chi connectivity index (χ0v) is 11.6. The van der Waals surface area contributed by atoms with Gasteiger partial charge in [-0.2, -0.15) is 0 Å². The molecule has 2 rings (SSSR count). The van der Waals surface area contributed by atoms with Crippen molar-refractivity contribution in [2.45, 2.75) is 6.10 Å². The van der Waals surface area contributed by atoms with Gasteiger partial charge in [-0.25, -0.2) is 4.39 Å². The average molecular weight is 275 g/mol. The van der Waals surface area contributed by atoms with E-state index in [0.717, 1.165) is 11.3 Å². The lowest BCUT2D eigenvalue weighted by Crippen LogP contribution is -2.24. The van der Waals surface area contributed by atoms with Crippen LogP contribution >= 0.6 is 0 Å². The molecular weight excluding hydrogens is 257 g/mol. The summed E-state index contributed by atoms with van der Waals surface area (Å²) < 4.78 is 18.0. The molecule has 0 amide bonds. The third-order valence-corrected chi connectivity index (χ3v) is 3.19. The van der Waals surface area contributed by atoms with Crippen molar-refractivity contribution in [3.8, 4) is 5.75 Å². The normalized spacial score (nSPS) is 12.0. The fraction of sp³-hybridized carbons (Fsp3) is 0.250. The molecule has 2 aromatic carbocycles. The molecule has 2 aromatic rings. The molecule has 0 spiro atoms. The fourth-order valence-electron chi connectivity index (χ4n) is 2.01. The lowest BCUT2D eigenvalue weighted by Gasteiger charge is -2.23. The number of hydrogen-bond donors (Lipinski definition) is 1. The molecule has 0 aromatic heterocycles. The van der Waals surface area contributed by atoms with Crippen molar-refractivity contribution in [1.29, 1.82) is 0 Å². The zero-order chi connectivity index (χ0) is 14.5. The van der Waals surface area contributed by atoms with Crippen molar-refractivity contribution < 1.29 is 14.2 Å². The van der Waals surface area contributed by atoms with Gasteiger partial charge in [0.15, 0.2) is 0 Å². The van der Waals surface area contributed by atoms with Gasteiger partial charge in [0, 0.05) is 19.3 Å². The molecule has 4 heteroatoms. The number of benzene rings is 2. The largest absolute Gasteiger partial charge is 0.497 e. The van der Waals surface area contributed by atoms with Gasteiger partial charge < -0.3 is 14.7 Å². The molecule has 0 saturated heterocycles. The van der Waals surface area contributed by atoms with Crippen molar-refractivity contribution >= 4 is 5.69 Å². The molecule has 3 nitrogen and oxygen atoms in total. The third kappa shape index (κ3) is 3.48. The van der Waals surface area contributed by atoms with Crippen LogP contribution in [0.5, 0.6) is 5.75 Å². The molecule has 0 fully saturated rings. The summed E-state index contributed by atoms with van der Waals surface area (Å²) in [6, 6.07) is 13.5. The number of rotatable bonds is 5. The first-order chi connectivity index (χ1) is 9.60. The molecule has 0 aliphatic carbocycles. The SMILES string of the molecule is COc1cccc(C(O)CN(C)c2ccc(F)cc2)c1. The Morgan fingerprint density at radius 1 is 1.20 bits per heavy atom. The number of aliphatic hydroxyl groups excluding tert-OH is 1. The maximum atomic E-state index is 12.9. The van der Waals surface area contributed by atoms with Crippen molar-refractivity contribution in [3.05, 3.63) is 59.9 Å². The maximum Gasteiger partial charge on any atom is 0.123 e. The number of hydrogen-bond acceptors (Lipinski definition) is 3. The van der Waals surface area contributed by atoms with Gasteiger partial charge >= 0.3 is 0 Å². The molecule has 0 saturated carbocycles. The van der Waals surface area contributed by atoms with E-state index in [1.807, 2.05) is 36.2 Å². The van der Waals surface area contributed by atoms with Crippen LogP contribution < -0.4 is 9.64 Å². The van der Waals surface area contributed by atoms with Gasteiger partial charge in [-0.1, -0.05) is 12.1 Å². The number of nitrogens with zero attached hydrogens (tertiary/aromatic N) is 1. The standard InChI is InChI=1S/C16H18FNO2/c1-18(14-8-6-13(17)7-9-14)11-16(19)12-4-3-5-15(10-12)20-2/h3-10,16,19H,11H2,1-2H3. The van der Waals surface area contributed by atoms with Gasteiger partial charge in [0.25, 0.3) is 0 Å². The maximum absolute atomic E-state index is 12.9. The van der Waals surface area contributed by atoms with E-state index in [4.69, 9.17) is 4.74 Å². The van der Waals surface area contributed by atoms with E-state index in [1.165, 1.54) is 12.1 Å². The van der Waals surface area contributed by atoms with Crippen LogP contribution in [0.1, 0.15) is 11.7 Å². The molecule has 0 radical (unpaired) electrons. The Balaban J connectivity index is 2.06. The van der Waals surface area contributed by atoms with E-state index in [9.17, 15) is 9.50 Å². The van der Waals surface area contributed by atoms with Crippen molar-refractivity contribution in [2.75, 3.05) is 25.6 Å². The van der Waals surface area contributed by atoms with Gasteiger partial charge in [-0.3, -0.25) is 0 Å². The van der Waals surface area contributed by atoms with E-state index in [2.05, 4.69) is 0 Å².